The monoisotopic (exact) mass is 265 g/mol. The largest absolute Gasteiger partial charge is 0.466 e. The molecule has 0 aliphatic carbocycles. The lowest BCUT2D eigenvalue weighted by atomic mass is 10.2. The lowest BCUT2D eigenvalue weighted by molar-refractivity contribution is -0.143. The van der Waals surface area contributed by atoms with Gasteiger partial charge >= 0.3 is 5.97 Å². The van der Waals surface area contributed by atoms with Crippen molar-refractivity contribution in [3.63, 3.8) is 0 Å². The van der Waals surface area contributed by atoms with Gasteiger partial charge in [-0.2, -0.15) is 0 Å². The molecule has 0 spiro atoms. The van der Waals surface area contributed by atoms with Gasteiger partial charge in [-0.05, 0) is 31.5 Å². The van der Waals surface area contributed by atoms with Crippen LogP contribution < -0.4 is 5.32 Å². The Kier molecular flexibility index (Phi) is 3.91. The molecule has 1 atom stereocenters. The molecule has 1 N–H and O–H groups in total. The van der Waals surface area contributed by atoms with Crippen molar-refractivity contribution in [3.05, 3.63) is 23.8 Å². The number of amides is 1. The van der Waals surface area contributed by atoms with E-state index in [1.165, 1.54) is 11.8 Å². The standard InChI is InChI=1S/C13H15NO3S/c1-3-17-12(15)7-11-13(16)14-9-6-8(2)4-5-10(9)18-11/h4-6,11H,3,7H2,1-2H3,(H,14,16). The number of fused-ring (bicyclic) bond motifs is 1. The van der Waals surface area contributed by atoms with Gasteiger partial charge in [0.1, 0.15) is 0 Å². The summed E-state index contributed by atoms with van der Waals surface area (Å²) in [7, 11) is 0. The van der Waals surface area contributed by atoms with E-state index in [1.807, 2.05) is 25.1 Å². The minimum atomic E-state index is -0.403. The van der Waals surface area contributed by atoms with Gasteiger partial charge in [0.2, 0.25) is 5.91 Å². The lowest BCUT2D eigenvalue weighted by Crippen LogP contribution is -2.31. The lowest BCUT2D eigenvalue weighted by Gasteiger charge is -2.23. The first kappa shape index (κ1) is 13.0. The van der Waals surface area contributed by atoms with Gasteiger partial charge in [-0.3, -0.25) is 9.59 Å². The molecule has 4 nitrogen and oxygen atoms in total. The predicted octanol–water partition coefficient (Wildman–Crippen LogP) is 2.36. The molecule has 2 rings (SSSR count). The summed E-state index contributed by atoms with van der Waals surface area (Å²) in [4.78, 5) is 24.3. The molecule has 5 heteroatoms. The predicted molar refractivity (Wildman–Crippen MR) is 70.7 cm³/mol. The van der Waals surface area contributed by atoms with Crippen molar-refractivity contribution in [2.24, 2.45) is 0 Å². The summed E-state index contributed by atoms with van der Waals surface area (Å²) in [6.45, 7) is 4.07. The number of thioether (sulfide) groups is 1. The second kappa shape index (κ2) is 5.44. The average Bonchev–Trinajstić information content (AvgIpc) is 2.31. The second-order valence-corrected chi connectivity index (χ2v) is 5.35. The Bertz CT molecular complexity index is 487. The highest BCUT2D eigenvalue weighted by molar-refractivity contribution is 8.01. The molecule has 0 radical (unpaired) electrons. The maximum atomic E-state index is 11.9. The first-order chi connectivity index (χ1) is 8.60. The van der Waals surface area contributed by atoms with Crippen LogP contribution in [0.25, 0.3) is 0 Å². The smallest absolute Gasteiger partial charge is 0.307 e. The van der Waals surface area contributed by atoms with Crippen molar-refractivity contribution in [2.75, 3.05) is 11.9 Å². The fourth-order valence-electron chi connectivity index (χ4n) is 1.77. The zero-order valence-electron chi connectivity index (χ0n) is 10.4. The minimum absolute atomic E-state index is 0.109. The van der Waals surface area contributed by atoms with Crippen molar-refractivity contribution in [2.45, 2.75) is 30.4 Å². The van der Waals surface area contributed by atoms with Crippen LogP contribution in [0.15, 0.2) is 23.1 Å². The Morgan fingerprint density at radius 3 is 3.00 bits per heavy atom. The number of ether oxygens (including phenoxy) is 1. The van der Waals surface area contributed by atoms with E-state index >= 15 is 0 Å². The number of rotatable bonds is 3. The van der Waals surface area contributed by atoms with E-state index in [-0.39, 0.29) is 18.3 Å². The summed E-state index contributed by atoms with van der Waals surface area (Å²) >= 11 is 1.42. The normalized spacial score (nSPS) is 17.9. The molecule has 96 valence electrons. The SMILES string of the molecule is CCOC(=O)CC1Sc2ccc(C)cc2NC1=O. The van der Waals surface area contributed by atoms with E-state index in [0.29, 0.717) is 6.61 Å². The fraction of sp³-hybridized carbons (Fsp3) is 0.385. The van der Waals surface area contributed by atoms with Gasteiger partial charge < -0.3 is 10.1 Å². The van der Waals surface area contributed by atoms with E-state index in [2.05, 4.69) is 5.32 Å². The van der Waals surface area contributed by atoms with Crippen LogP contribution in [0.1, 0.15) is 18.9 Å². The number of aryl methyl sites for hydroxylation is 1. The molecule has 0 saturated heterocycles. The highest BCUT2D eigenvalue weighted by Crippen LogP contribution is 2.37. The number of anilines is 1. The number of hydrogen-bond acceptors (Lipinski definition) is 4. The highest BCUT2D eigenvalue weighted by Gasteiger charge is 2.29. The first-order valence-corrected chi connectivity index (χ1v) is 6.72. The Hall–Kier alpha value is -1.49. The van der Waals surface area contributed by atoms with Crippen LogP contribution in [0.2, 0.25) is 0 Å². The van der Waals surface area contributed by atoms with Crippen molar-refractivity contribution >= 4 is 29.3 Å². The van der Waals surface area contributed by atoms with Crippen LogP contribution >= 0.6 is 11.8 Å². The summed E-state index contributed by atoms with van der Waals surface area (Å²) in [5.74, 6) is -0.466. The van der Waals surface area contributed by atoms with E-state index < -0.39 is 5.25 Å². The number of esters is 1. The molecule has 1 aliphatic rings. The van der Waals surface area contributed by atoms with Crippen LogP contribution in [0.4, 0.5) is 5.69 Å². The molecular formula is C13H15NO3S. The summed E-state index contributed by atoms with van der Waals surface area (Å²) in [6.07, 6.45) is 0.109. The maximum absolute atomic E-state index is 11.9. The van der Waals surface area contributed by atoms with Crippen LogP contribution in [0, 0.1) is 6.92 Å². The third-order valence-corrected chi connectivity index (χ3v) is 3.89. The van der Waals surface area contributed by atoms with Crippen LogP contribution in [-0.4, -0.2) is 23.7 Å². The Morgan fingerprint density at radius 2 is 2.28 bits per heavy atom. The zero-order valence-corrected chi connectivity index (χ0v) is 11.2. The van der Waals surface area contributed by atoms with Gasteiger partial charge in [-0.25, -0.2) is 0 Å². The van der Waals surface area contributed by atoms with Crippen LogP contribution in [0.3, 0.4) is 0 Å². The Balaban J connectivity index is 2.11. The number of benzene rings is 1. The second-order valence-electron chi connectivity index (χ2n) is 4.10. The van der Waals surface area contributed by atoms with Gasteiger partial charge in [0.05, 0.1) is 24.0 Å². The molecule has 1 heterocycles. The van der Waals surface area contributed by atoms with Crippen molar-refractivity contribution in [1.29, 1.82) is 0 Å². The van der Waals surface area contributed by atoms with Gasteiger partial charge in [0.15, 0.2) is 0 Å². The molecule has 18 heavy (non-hydrogen) atoms. The Labute approximate surface area is 110 Å². The molecule has 0 aromatic heterocycles. The summed E-state index contributed by atoms with van der Waals surface area (Å²) < 4.78 is 4.87. The van der Waals surface area contributed by atoms with E-state index in [4.69, 9.17) is 4.74 Å². The molecule has 1 aliphatic heterocycles. The quantitative estimate of drug-likeness (QED) is 0.852. The summed E-state index contributed by atoms with van der Waals surface area (Å²) in [6, 6.07) is 5.89. The van der Waals surface area contributed by atoms with Gasteiger partial charge in [0, 0.05) is 4.90 Å². The van der Waals surface area contributed by atoms with Gasteiger partial charge in [-0.15, -0.1) is 11.8 Å². The minimum Gasteiger partial charge on any atom is -0.466 e. The topological polar surface area (TPSA) is 55.4 Å². The van der Waals surface area contributed by atoms with E-state index in [1.54, 1.807) is 6.92 Å². The number of carbonyl (C=O) groups is 2. The first-order valence-electron chi connectivity index (χ1n) is 5.84. The fourth-order valence-corrected chi connectivity index (χ4v) is 2.85. The average molecular weight is 265 g/mol. The maximum Gasteiger partial charge on any atom is 0.307 e. The summed E-state index contributed by atoms with van der Waals surface area (Å²) in [5, 5.41) is 2.43. The van der Waals surface area contributed by atoms with Crippen LogP contribution in [0.5, 0.6) is 0 Å². The summed E-state index contributed by atoms with van der Waals surface area (Å²) in [5.41, 5.74) is 1.92. The van der Waals surface area contributed by atoms with Gasteiger partial charge in [0.25, 0.3) is 0 Å². The van der Waals surface area contributed by atoms with Crippen molar-refractivity contribution in [3.8, 4) is 0 Å². The molecule has 0 saturated carbocycles. The van der Waals surface area contributed by atoms with E-state index in [0.717, 1.165) is 16.1 Å². The zero-order chi connectivity index (χ0) is 13.1. The Morgan fingerprint density at radius 1 is 1.50 bits per heavy atom. The molecule has 1 amide bonds. The molecule has 1 aromatic rings. The number of nitrogens with one attached hydrogen (secondary N) is 1. The number of carbonyl (C=O) groups excluding carboxylic acids is 2. The highest BCUT2D eigenvalue weighted by atomic mass is 32.2. The third kappa shape index (κ3) is 2.85. The van der Waals surface area contributed by atoms with E-state index in [9.17, 15) is 9.59 Å². The molecule has 1 unspecified atom stereocenters. The van der Waals surface area contributed by atoms with Gasteiger partial charge in [-0.1, -0.05) is 6.07 Å². The molecular weight excluding hydrogens is 250 g/mol. The molecule has 1 aromatic carbocycles. The van der Waals surface area contributed by atoms with Crippen molar-refractivity contribution < 1.29 is 14.3 Å². The third-order valence-electron chi connectivity index (χ3n) is 2.61. The van der Waals surface area contributed by atoms with Crippen LogP contribution in [-0.2, 0) is 14.3 Å². The molecule has 0 bridgehead atoms. The molecule has 0 fully saturated rings. The van der Waals surface area contributed by atoms with Crippen molar-refractivity contribution in [1.82, 2.24) is 0 Å². The number of hydrogen-bond donors (Lipinski definition) is 1.